The molecule has 1 aliphatic carbocycles. The van der Waals surface area contributed by atoms with Crippen LogP contribution in [-0.2, 0) is 4.79 Å². The molecule has 6 heteroatoms. The summed E-state index contributed by atoms with van der Waals surface area (Å²) >= 11 is 0. The fraction of sp³-hybridized carbons (Fsp3) is 0.765. The monoisotopic (exact) mass is 344 g/mol. The number of hydrogen-bond donors (Lipinski definition) is 4. The molecule has 0 atom stereocenters. The van der Waals surface area contributed by atoms with Gasteiger partial charge >= 0.3 is 13.7 Å². The Bertz CT molecular complexity index is 428. The van der Waals surface area contributed by atoms with Crippen molar-refractivity contribution in [1.29, 1.82) is 5.41 Å². The second-order valence-corrected chi connectivity index (χ2v) is 8.89. The van der Waals surface area contributed by atoms with Gasteiger partial charge in [0.25, 0.3) is 0 Å². The first kappa shape index (κ1) is 20.3. The number of unbranched alkanes of at least 4 members (excludes halogenated alkanes) is 3. The van der Waals surface area contributed by atoms with Gasteiger partial charge in [0.05, 0.1) is 5.57 Å². The summed E-state index contributed by atoms with van der Waals surface area (Å²) in [6.07, 6.45) is 10.8. The molecule has 0 aromatic heterocycles. The standard InChI is InChI=1S/C17H30NO4P/c1-2-3-4-8-11-15(17(19)20)13-23(21,22)16(18)12-14-9-6-5-7-10-14/h11,14,18,21-22H,2-10,12-13H2,1H3/p+1. The normalized spacial score (nSPS) is 17.3. The van der Waals surface area contributed by atoms with Gasteiger partial charge in [0.15, 0.2) is 0 Å². The Morgan fingerprint density at radius 2 is 1.87 bits per heavy atom. The maximum Gasteiger partial charge on any atom is 0.335 e. The van der Waals surface area contributed by atoms with E-state index >= 15 is 0 Å². The Morgan fingerprint density at radius 1 is 1.22 bits per heavy atom. The van der Waals surface area contributed by atoms with E-state index in [1.165, 1.54) is 6.42 Å². The molecule has 1 fully saturated rings. The lowest BCUT2D eigenvalue weighted by molar-refractivity contribution is -0.132. The van der Waals surface area contributed by atoms with E-state index in [0.717, 1.165) is 44.9 Å². The smallest absolute Gasteiger partial charge is 0.335 e. The molecule has 0 spiro atoms. The number of carboxylic acid groups (broad SMARTS) is 1. The SMILES string of the molecule is CCCCCC=C(C[P+](O)(O)C(=N)CC1CCCCC1)C(=O)O. The van der Waals surface area contributed by atoms with Gasteiger partial charge in [0, 0.05) is 6.42 Å². The van der Waals surface area contributed by atoms with Crippen molar-refractivity contribution >= 4 is 19.1 Å². The van der Waals surface area contributed by atoms with Crippen LogP contribution in [-0.4, -0.2) is 32.5 Å². The summed E-state index contributed by atoms with van der Waals surface area (Å²) < 4.78 is 0. The molecular formula is C17H31NO4P+. The third-order valence-electron chi connectivity index (χ3n) is 4.50. The minimum absolute atomic E-state index is 0.0350. The van der Waals surface area contributed by atoms with Gasteiger partial charge in [-0.1, -0.05) is 45.1 Å². The summed E-state index contributed by atoms with van der Waals surface area (Å²) in [5.74, 6) is -0.767. The van der Waals surface area contributed by atoms with Gasteiger partial charge in [-0.15, -0.1) is 0 Å². The Morgan fingerprint density at radius 3 is 2.43 bits per heavy atom. The lowest BCUT2D eigenvalue weighted by Crippen LogP contribution is -2.18. The summed E-state index contributed by atoms with van der Waals surface area (Å²) in [7, 11) is -3.63. The van der Waals surface area contributed by atoms with Crippen molar-refractivity contribution in [3.05, 3.63) is 11.6 Å². The zero-order valence-corrected chi connectivity index (χ0v) is 15.0. The Hall–Kier alpha value is -0.770. The molecule has 23 heavy (non-hydrogen) atoms. The molecule has 0 aliphatic heterocycles. The van der Waals surface area contributed by atoms with Crippen LogP contribution in [0, 0.1) is 11.3 Å². The number of carboxylic acids is 1. The third-order valence-corrected chi connectivity index (χ3v) is 6.33. The molecule has 132 valence electrons. The van der Waals surface area contributed by atoms with Crippen molar-refractivity contribution in [3.63, 3.8) is 0 Å². The lowest BCUT2D eigenvalue weighted by Gasteiger charge is -2.22. The van der Waals surface area contributed by atoms with Gasteiger partial charge in [-0.2, -0.15) is 0 Å². The second-order valence-electron chi connectivity index (χ2n) is 6.57. The quantitative estimate of drug-likeness (QED) is 0.205. The van der Waals surface area contributed by atoms with Crippen molar-refractivity contribution in [2.45, 2.75) is 71.1 Å². The van der Waals surface area contributed by atoms with Crippen LogP contribution in [0.15, 0.2) is 11.6 Å². The fourth-order valence-corrected chi connectivity index (χ4v) is 4.51. The molecule has 1 aliphatic rings. The molecule has 5 nitrogen and oxygen atoms in total. The van der Waals surface area contributed by atoms with Crippen molar-refractivity contribution in [2.75, 3.05) is 6.16 Å². The summed E-state index contributed by atoms with van der Waals surface area (Å²) in [5.41, 5.74) is -0.0158. The molecule has 0 unspecified atom stereocenters. The minimum Gasteiger partial charge on any atom is -0.478 e. The van der Waals surface area contributed by atoms with Crippen LogP contribution in [0.25, 0.3) is 0 Å². The molecule has 0 bridgehead atoms. The van der Waals surface area contributed by atoms with Crippen LogP contribution < -0.4 is 0 Å². The van der Waals surface area contributed by atoms with Gasteiger partial charge in [0.2, 0.25) is 5.45 Å². The zero-order chi connectivity index (χ0) is 17.3. The highest BCUT2D eigenvalue weighted by molar-refractivity contribution is 7.81. The van der Waals surface area contributed by atoms with E-state index in [2.05, 4.69) is 6.92 Å². The Balaban J connectivity index is 2.60. The molecule has 0 aromatic rings. The van der Waals surface area contributed by atoms with Gasteiger partial charge in [-0.25, -0.2) is 14.6 Å². The summed E-state index contributed by atoms with van der Waals surface area (Å²) in [6.45, 7) is 2.08. The van der Waals surface area contributed by atoms with Crippen molar-refractivity contribution < 1.29 is 19.7 Å². The molecule has 0 amide bonds. The maximum atomic E-state index is 11.3. The number of carbonyl (C=O) groups is 1. The van der Waals surface area contributed by atoms with Crippen molar-refractivity contribution in [3.8, 4) is 0 Å². The van der Waals surface area contributed by atoms with Crippen LogP contribution >= 0.6 is 7.72 Å². The highest BCUT2D eigenvalue weighted by Gasteiger charge is 2.43. The van der Waals surface area contributed by atoms with Crippen LogP contribution in [0.3, 0.4) is 0 Å². The predicted molar refractivity (Wildman–Crippen MR) is 95.0 cm³/mol. The molecule has 0 aromatic carbocycles. The number of allylic oxidation sites excluding steroid dienone is 1. The summed E-state index contributed by atoms with van der Waals surface area (Å²) in [4.78, 5) is 31.9. The lowest BCUT2D eigenvalue weighted by atomic mass is 9.87. The molecule has 0 saturated heterocycles. The van der Waals surface area contributed by atoms with Crippen LogP contribution in [0.4, 0.5) is 0 Å². The number of rotatable bonds is 10. The molecule has 1 rings (SSSR count). The highest BCUT2D eigenvalue weighted by Crippen LogP contribution is 2.54. The second kappa shape index (κ2) is 10.2. The van der Waals surface area contributed by atoms with E-state index in [0.29, 0.717) is 18.8 Å². The molecule has 4 N–H and O–H groups in total. The first-order valence-electron chi connectivity index (χ1n) is 8.70. The first-order chi connectivity index (χ1) is 10.9. The molecule has 0 heterocycles. The molecular weight excluding hydrogens is 313 g/mol. The predicted octanol–water partition coefficient (Wildman–Crippen LogP) is 4.36. The van der Waals surface area contributed by atoms with Crippen molar-refractivity contribution in [2.24, 2.45) is 5.92 Å². The summed E-state index contributed by atoms with van der Waals surface area (Å²) in [6, 6.07) is 0. The van der Waals surface area contributed by atoms with Gasteiger partial charge in [-0.05, 0) is 31.6 Å². The fourth-order valence-electron chi connectivity index (χ4n) is 3.03. The number of aliphatic carboxylic acids is 1. The molecule has 1 saturated carbocycles. The average Bonchev–Trinajstić information content (AvgIpc) is 2.51. The van der Waals surface area contributed by atoms with E-state index in [4.69, 9.17) is 5.41 Å². The van der Waals surface area contributed by atoms with E-state index in [1.807, 2.05) is 0 Å². The van der Waals surface area contributed by atoms with Crippen molar-refractivity contribution in [1.82, 2.24) is 0 Å². The molecule has 0 radical (unpaired) electrons. The largest absolute Gasteiger partial charge is 0.478 e. The summed E-state index contributed by atoms with van der Waals surface area (Å²) in [5, 5.41) is 17.3. The highest BCUT2D eigenvalue weighted by atomic mass is 31.2. The van der Waals surface area contributed by atoms with E-state index in [-0.39, 0.29) is 17.2 Å². The third kappa shape index (κ3) is 7.56. The van der Waals surface area contributed by atoms with Gasteiger partial charge in [-0.3, -0.25) is 5.41 Å². The minimum atomic E-state index is -3.63. The number of hydrogen-bond acceptors (Lipinski definition) is 4. The van der Waals surface area contributed by atoms with E-state index in [9.17, 15) is 19.7 Å². The van der Waals surface area contributed by atoms with Crippen LogP contribution in [0.5, 0.6) is 0 Å². The first-order valence-corrected chi connectivity index (χ1v) is 10.6. The van der Waals surface area contributed by atoms with Gasteiger partial charge in [0.1, 0.15) is 6.16 Å². The Labute approximate surface area is 139 Å². The van der Waals surface area contributed by atoms with Gasteiger partial charge < -0.3 is 5.11 Å². The van der Waals surface area contributed by atoms with E-state index in [1.54, 1.807) is 6.08 Å². The average molecular weight is 344 g/mol. The zero-order valence-electron chi connectivity index (χ0n) is 14.1. The number of nitrogens with one attached hydrogen (secondary N) is 1. The maximum absolute atomic E-state index is 11.3. The topological polar surface area (TPSA) is 102 Å². The Kier molecular flexibility index (Phi) is 8.96. The van der Waals surface area contributed by atoms with E-state index < -0.39 is 13.7 Å². The van der Waals surface area contributed by atoms with Crippen LogP contribution in [0.2, 0.25) is 0 Å². The van der Waals surface area contributed by atoms with Crippen LogP contribution in [0.1, 0.15) is 71.1 Å².